The molecule has 0 radical (unpaired) electrons. The fraction of sp³-hybridized carbons (Fsp3) is 0.194. The topological polar surface area (TPSA) is 23.4 Å². The van der Waals surface area contributed by atoms with E-state index in [-0.39, 0.29) is 13.5 Å². The van der Waals surface area contributed by atoms with E-state index < -0.39 is 0 Å². The monoisotopic (exact) mass is 969 g/mol. The lowest BCUT2D eigenvalue weighted by Crippen LogP contribution is -2.24. The second-order valence-corrected chi connectivity index (χ2v) is 17.2. The second kappa shape index (κ2) is 29.0. The van der Waals surface area contributed by atoms with Crippen molar-refractivity contribution in [2.75, 3.05) is 23.3 Å². The maximum Gasteiger partial charge on any atom is 0.0491 e. The molecule has 2 heterocycles. The molecule has 1 aliphatic carbocycles. The Balaban J connectivity index is 0.00000317. The first kappa shape index (κ1) is 55.5. The van der Waals surface area contributed by atoms with Crippen LogP contribution in [0.5, 0.6) is 0 Å². The van der Waals surface area contributed by atoms with Gasteiger partial charge in [0.1, 0.15) is 0 Å². The number of para-hydroxylation sites is 3. The molecule has 0 amide bonds. The third-order valence-electron chi connectivity index (χ3n) is 12.8. The molecule has 0 atom stereocenters. The van der Waals surface area contributed by atoms with Crippen LogP contribution < -0.4 is 10.2 Å². The smallest absolute Gasteiger partial charge is 0.0491 e. The van der Waals surface area contributed by atoms with E-state index in [1.165, 1.54) is 50.1 Å². The Morgan fingerprint density at radius 2 is 1.51 bits per heavy atom. The first-order chi connectivity index (χ1) is 34.9. The molecule has 72 heavy (non-hydrogen) atoms. The summed E-state index contributed by atoms with van der Waals surface area (Å²) >= 11 is 0. The molecule has 0 fully saturated rings. The molecule has 1 aliphatic heterocycles. The van der Waals surface area contributed by atoms with Gasteiger partial charge < -0.3 is 19.7 Å². The normalized spacial score (nSPS) is 15.3. The first-order valence-electron chi connectivity index (χ1n) is 25.4. The number of hydrogen-bond acceptors (Lipinski definition) is 3. The first-order valence-corrected chi connectivity index (χ1v) is 25.4. The summed E-state index contributed by atoms with van der Waals surface area (Å²) < 4.78 is 2.52. The van der Waals surface area contributed by atoms with Gasteiger partial charge in [-0.05, 0) is 128 Å². The lowest BCUT2D eigenvalue weighted by molar-refractivity contribution is 0.524. The van der Waals surface area contributed by atoms with Gasteiger partial charge in [0.2, 0.25) is 0 Å². The highest BCUT2D eigenvalue weighted by Crippen LogP contribution is 2.35. The summed E-state index contributed by atoms with van der Waals surface area (Å²) in [6.45, 7) is 27.2. The van der Waals surface area contributed by atoms with Crippen LogP contribution in [0.4, 0.5) is 11.4 Å². The summed E-state index contributed by atoms with van der Waals surface area (Å²) in [6.07, 6.45) is 44.8. The minimum absolute atomic E-state index is 0. The van der Waals surface area contributed by atoms with Crippen LogP contribution in [0.15, 0.2) is 260 Å². The minimum Gasteiger partial charge on any atom is -0.355 e. The maximum atomic E-state index is 4.48. The summed E-state index contributed by atoms with van der Waals surface area (Å²) in [7, 11) is 0. The quantitative estimate of drug-likeness (QED) is 0.0834. The number of allylic oxidation sites excluding steroid dienone is 18. The number of fused-ring (bicyclic) bond motifs is 4. The minimum atomic E-state index is 0. The number of aryl methyl sites for hydroxylation is 1. The molecular formula is C67H76N4S. The van der Waals surface area contributed by atoms with E-state index in [4.69, 9.17) is 0 Å². The van der Waals surface area contributed by atoms with Crippen LogP contribution in [0, 0.1) is 6.92 Å². The van der Waals surface area contributed by atoms with Gasteiger partial charge in [0.25, 0.3) is 0 Å². The van der Waals surface area contributed by atoms with Crippen molar-refractivity contribution >= 4 is 41.8 Å². The Kier molecular flexibility index (Phi) is 22.3. The van der Waals surface area contributed by atoms with E-state index in [2.05, 4.69) is 249 Å². The lowest BCUT2D eigenvalue weighted by atomic mass is 9.98. The molecule has 5 heteroatoms. The molecule has 370 valence electrons. The Morgan fingerprint density at radius 3 is 2.28 bits per heavy atom. The summed E-state index contributed by atoms with van der Waals surface area (Å²) in [6, 6.07) is 34.8. The van der Waals surface area contributed by atoms with Crippen molar-refractivity contribution in [1.29, 1.82) is 0 Å². The third-order valence-corrected chi connectivity index (χ3v) is 12.8. The van der Waals surface area contributed by atoms with Gasteiger partial charge in [-0.2, -0.15) is 13.5 Å². The molecule has 7 rings (SSSR count). The number of rotatable bonds is 19. The molecule has 2 aliphatic rings. The second-order valence-electron chi connectivity index (χ2n) is 17.2. The Labute approximate surface area is 439 Å². The van der Waals surface area contributed by atoms with Crippen molar-refractivity contribution in [2.24, 2.45) is 0 Å². The number of nitrogens with one attached hydrogen (secondary N) is 1. The number of anilines is 2. The largest absolute Gasteiger partial charge is 0.355 e. The molecule has 4 nitrogen and oxygen atoms in total. The van der Waals surface area contributed by atoms with Crippen molar-refractivity contribution in [1.82, 2.24) is 9.47 Å². The van der Waals surface area contributed by atoms with E-state index >= 15 is 0 Å². The van der Waals surface area contributed by atoms with Crippen molar-refractivity contribution in [3.8, 4) is 11.1 Å². The molecule has 1 aromatic heterocycles. The maximum absolute atomic E-state index is 4.48. The molecule has 0 spiro atoms. The van der Waals surface area contributed by atoms with E-state index in [1.54, 1.807) is 0 Å². The lowest BCUT2D eigenvalue weighted by Gasteiger charge is -2.28. The molecular weight excluding hydrogens is 893 g/mol. The third kappa shape index (κ3) is 14.1. The molecule has 0 saturated heterocycles. The molecule has 5 aromatic rings. The van der Waals surface area contributed by atoms with Crippen molar-refractivity contribution in [2.45, 2.75) is 73.8 Å². The highest BCUT2D eigenvalue weighted by molar-refractivity contribution is 7.59. The van der Waals surface area contributed by atoms with Crippen LogP contribution >= 0.6 is 13.5 Å². The van der Waals surface area contributed by atoms with Crippen LogP contribution in [0.25, 0.3) is 28.1 Å². The summed E-state index contributed by atoms with van der Waals surface area (Å²) in [5.74, 6) is 0. The van der Waals surface area contributed by atoms with Gasteiger partial charge in [-0.25, -0.2) is 0 Å². The van der Waals surface area contributed by atoms with Crippen molar-refractivity contribution in [3.05, 3.63) is 282 Å². The number of benzene rings is 4. The highest BCUT2D eigenvalue weighted by Gasteiger charge is 2.19. The molecule has 1 N–H and O–H groups in total. The summed E-state index contributed by atoms with van der Waals surface area (Å²) in [4.78, 5) is 4.75. The summed E-state index contributed by atoms with van der Waals surface area (Å²) in [5, 5.41) is 5.22. The van der Waals surface area contributed by atoms with Gasteiger partial charge in [0.15, 0.2) is 0 Å². The van der Waals surface area contributed by atoms with E-state index in [1.807, 2.05) is 44.2 Å². The van der Waals surface area contributed by atoms with E-state index in [0.29, 0.717) is 13.1 Å². The van der Waals surface area contributed by atoms with Crippen LogP contribution in [0.1, 0.15) is 69.8 Å². The zero-order valence-corrected chi connectivity index (χ0v) is 44.6. The van der Waals surface area contributed by atoms with Crippen LogP contribution in [0.3, 0.4) is 0 Å². The average Bonchev–Trinajstić information content (AvgIpc) is 3.78. The van der Waals surface area contributed by atoms with Crippen LogP contribution in [-0.2, 0) is 19.4 Å². The molecule has 0 bridgehead atoms. The Morgan fingerprint density at radius 1 is 0.792 bits per heavy atom. The van der Waals surface area contributed by atoms with E-state index in [0.717, 1.165) is 71.7 Å². The Bertz CT molecular complexity index is 3000. The van der Waals surface area contributed by atoms with Crippen molar-refractivity contribution < 1.29 is 0 Å². The van der Waals surface area contributed by atoms with Gasteiger partial charge >= 0.3 is 0 Å². The predicted octanol–water partition coefficient (Wildman–Crippen LogP) is 17.8. The van der Waals surface area contributed by atoms with E-state index in [9.17, 15) is 0 Å². The molecule has 4 aromatic carbocycles. The fourth-order valence-electron chi connectivity index (χ4n) is 9.12. The van der Waals surface area contributed by atoms with Gasteiger partial charge in [0, 0.05) is 82.0 Å². The number of aromatic nitrogens is 1. The van der Waals surface area contributed by atoms with Crippen molar-refractivity contribution in [3.63, 3.8) is 0 Å². The zero-order chi connectivity index (χ0) is 50.4. The van der Waals surface area contributed by atoms with Gasteiger partial charge in [-0.1, -0.05) is 198 Å². The predicted molar refractivity (Wildman–Crippen MR) is 323 cm³/mol. The number of nitrogens with zero attached hydrogens (tertiary/aromatic N) is 3. The van der Waals surface area contributed by atoms with Gasteiger partial charge in [-0.3, -0.25) is 0 Å². The highest BCUT2D eigenvalue weighted by atomic mass is 32.1. The number of hydrogen-bond donors (Lipinski definition) is 1. The molecule has 0 saturated carbocycles. The SMILES string of the molecule is C=C/C=C\CN(/C=C/C(=C\C(=C/C)C(\C=C)=C\C(=C/Cn1c2c(c3ccccc31)C=CCC2)N1C/C=C\C=C/Cc2ccccc21)Nc1ccccc1-c1ccccc1C)C(/C=C\C=C)=C(/C)CC.CC.S. The zero-order valence-electron chi connectivity index (χ0n) is 43.6. The fourth-order valence-corrected chi connectivity index (χ4v) is 9.12. The summed E-state index contributed by atoms with van der Waals surface area (Å²) in [5.41, 5.74) is 17.5. The van der Waals surface area contributed by atoms with Gasteiger partial charge in [-0.15, -0.1) is 0 Å². The average molecular weight is 969 g/mol. The van der Waals surface area contributed by atoms with Crippen LogP contribution in [0.2, 0.25) is 0 Å². The standard InChI is InChI=1S/C65H68N4.C2H6.H2S/c1-8-13-28-44-67(62(38-14-9-2)50(6)10-3)46-42-55(66-61-37-24-21-34-58(61)57-33-20-18-30-51(57)7)48-52(11-4)53(12-5)49-56(68-45-29-16-15-17-31-54-32-19-25-39-63(54)68)43-47-69-64-40-26-22-35-59(64)60-36-23-27-41-65(60)69;1-2;/h8-9,11-26,28-30,32-40,42-43,46,48-49,66H,1-2,5,10,27,31,41,44-45,47H2,3-4,6-7H3;1-2H3;1H2/b17-15-,28-13-,29-16-,38-14-,46-42+,52-11+,53-49+,55-48+,56-43+,62-50-;;. The Hall–Kier alpha value is -7.47. The molecule has 0 unspecified atom stereocenters. The van der Waals surface area contributed by atoms with Crippen LogP contribution in [-0.4, -0.2) is 22.6 Å². The van der Waals surface area contributed by atoms with Gasteiger partial charge in [0.05, 0.1) is 0 Å².